The molecule has 0 bridgehead atoms. The van der Waals surface area contributed by atoms with Crippen molar-refractivity contribution in [1.82, 2.24) is 9.88 Å². The van der Waals surface area contributed by atoms with Gasteiger partial charge in [-0.15, -0.1) is 0 Å². The van der Waals surface area contributed by atoms with Crippen LogP contribution in [0, 0.1) is 6.92 Å². The van der Waals surface area contributed by atoms with Gasteiger partial charge in [0, 0.05) is 33.9 Å². The number of halogens is 1. The summed E-state index contributed by atoms with van der Waals surface area (Å²) in [5.74, 6) is 0. The van der Waals surface area contributed by atoms with Crippen LogP contribution in [0.25, 0.3) is 10.9 Å². The summed E-state index contributed by atoms with van der Waals surface area (Å²) in [5.41, 5.74) is 6.47. The van der Waals surface area contributed by atoms with Crippen molar-refractivity contribution in [3.63, 3.8) is 0 Å². The summed E-state index contributed by atoms with van der Waals surface area (Å²) in [4.78, 5) is 18.8. The van der Waals surface area contributed by atoms with E-state index in [0.717, 1.165) is 23.2 Å². The molecule has 1 unspecified atom stereocenters. The summed E-state index contributed by atoms with van der Waals surface area (Å²) < 4.78 is 0. The molecule has 1 atom stereocenters. The van der Waals surface area contributed by atoms with Crippen LogP contribution in [0.5, 0.6) is 0 Å². The Morgan fingerprint density at radius 3 is 2.67 bits per heavy atom. The molecule has 5 rings (SSSR count). The number of hydrogen-bond acceptors (Lipinski definition) is 1. The van der Waals surface area contributed by atoms with Crippen LogP contribution < -0.4 is 5.32 Å². The molecule has 3 aromatic carbocycles. The highest BCUT2D eigenvalue weighted by Crippen LogP contribution is 2.38. The number of nitrogens with zero attached hydrogens (tertiary/aromatic N) is 1. The molecule has 150 valence electrons. The van der Waals surface area contributed by atoms with Crippen molar-refractivity contribution in [3.8, 4) is 0 Å². The van der Waals surface area contributed by atoms with Crippen molar-refractivity contribution in [1.29, 1.82) is 0 Å². The van der Waals surface area contributed by atoms with Gasteiger partial charge in [-0.05, 0) is 48.7 Å². The van der Waals surface area contributed by atoms with Gasteiger partial charge in [-0.25, -0.2) is 4.79 Å². The molecule has 0 aliphatic carbocycles. The summed E-state index contributed by atoms with van der Waals surface area (Å²) in [6.07, 6.45) is 0.810. The molecule has 1 aliphatic rings. The van der Waals surface area contributed by atoms with E-state index in [2.05, 4.69) is 59.7 Å². The van der Waals surface area contributed by atoms with Gasteiger partial charge in [-0.3, -0.25) is 0 Å². The van der Waals surface area contributed by atoms with Crippen molar-refractivity contribution in [2.24, 2.45) is 0 Å². The van der Waals surface area contributed by atoms with Crippen molar-refractivity contribution >= 4 is 34.2 Å². The van der Waals surface area contributed by atoms with E-state index in [1.807, 2.05) is 23.1 Å². The lowest BCUT2D eigenvalue weighted by Crippen LogP contribution is -2.43. The quantitative estimate of drug-likeness (QED) is 0.396. The van der Waals surface area contributed by atoms with Gasteiger partial charge in [0.05, 0.1) is 6.04 Å². The number of hydrogen-bond donors (Lipinski definition) is 2. The molecule has 4 nitrogen and oxygen atoms in total. The largest absolute Gasteiger partial charge is 0.356 e. The van der Waals surface area contributed by atoms with Gasteiger partial charge in [0.25, 0.3) is 0 Å². The van der Waals surface area contributed by atoms with Gasteiger partial charge >= 0.3 is 6.03 Å². The predicted octanol–water partition coefficient (Wildman–Crippen LogP) is 6.31. The van der Waals surface area contributed by atoms with Gasteiger partial charge in [-0.1, -0.05) is 65.7 Å². The monoisotopic (exact) mass is 415 g/mol. The van der Waals surface area contributed by atoms with Crippen LogP contribution in [0.1, 0.15) is 28.4 Å². The number of rotatable bonds is 2. The van der Waals surface area contributed by atoms with Crippen molar-refractivity contribution < 1.29 is 4.79 Å². The fourth-order valence-corrected chi connectivity index (χ4v) is 4.51. The summed E-state index contributed by atoms with van der Waals surface area (Å²) in [6, 6.07) is 23.7. The van der Waals surface area contributed by atoms with E-state index in [4.69, 9.17) is 11.6 Å². The number of carbonyl (C=O) groups excluding carboxylic acids is 1. The third-order valence-corrected chi connectivity index (χ3v) is 6.00. The van der Waals surface area contributed by atoms with Gasteiger partial charge < -0.3 is 15.2 Å². The summed E-state index contributed by atoms with van der Waals surface area (Å²) in [7, 11) is 0. The highest BCUT2D eigenvalue weighted by atomic mass is 35.5. The molecule has 2 N–H and O–H groups in total. The second-order valence-corrected chi connectivity index (χ2v) is 8.20. The van der Waals surface area contributed by atoms with Crippen LogP contribution in [-0.2, 0) is 6.42 Å². The highest BCUT2D eigenvalue weighted by molar-refractivity contribution is 6.30. The first kappa shape index (κ1) is 18.8. The van der Waals surface area contributed by atoms with E-state index in [9.17, 15) is 4.79 Å². The number of benzene rings is 3. The SMILES string of the molecule is Cc1ccc(C2c3[nH]c4ccccc4c3CCN2C(=O)Nc2cccc(Cl)c2)cc1. The molecular weight excluding hydrogens is 394 g/mol. The molecular formula is C25H22ClN3O. The zero-order chi connectivity index (χ0) is 20.7. The molecule has 2 amide bonds. The molecule has 1 aliphatic heterocycles. The molecule has 0 saturated heterocycles. The number of anilines is 1. The summed E-state index contributed by atoms with van der Waals surface area (Å²) in [5, 5.41) is 4.85. The van der Waals surface area contributed by atoms with E-state index >= 15 is 0 Å². The van der Waals surface area contributed by atoms with Gasteiger partial charge in [0.1, 0.15) is 0 Å². The Morgan fingerprint density at radius 2 is 1.87 bits per heavy atom. The number of aryl methyl sites for hydroxylation is 1. The number of nitrogens with one attached hydrogen (secondary N) is 2. The van der Waals surface area contributed by atoms with Crippen LogP contribution in [-0.4, -0.2) is 22.5 Å². The van der Waals surface area contributed by atoms with E-state index in [1.54, 1.807) is 12.1 Å². The Labute approximate surface area is 180 Å². The number of aromatic amines is 1. The standard InChI is InChI=1S/C25H22ClN3O/c1-16-9-11-17(12-10-16)24-23-21(20-7-2-3-8-22(20)28-23)13-14-29(24)25(30)27-19-6-4-5-18(26)15-19/h2-12,15,24,28H,13-14H2,1H3,(H,27,30). The fraction of sp³-hybridized carbons (Fsp3) is 0.160. The minimum atomic E-state index is -0.180. The van der Waals surface area contributed by atoms with Gasteiger partial charge in [0.2, 0.25) is 0 Å². The maximum atomic E-state index is 13.3. The predicted molar refractivity (Wildman–Crippen MR) is 122 cm³/mol. The van der Waals surface area contributed by atoms with Gasteiger partial charge in [0.15, 0.2) is 0 Å². The Balaban J connectivity index is 1.57. The van der Waals surface area contributed by atoms with Crippen molar-refractivity contribution in [2.45, 2.75) is 19.4 Å². The Bertz CT molecular complexity index is 1230. The summed E-state index contributed by atoms with van der Waals surface area (Å²) >= 11 is 6.10. The molecule has 2 heterocycles. The minimum Gasteiger partial charge on any atom is -0.356 e. The molecule has 0 spiro atoms. The van der Waals surface area contributed by atoms with Crippen LogP contribution in [0.3, 0.4) is 0 Å². The van der Waals surface area contributed by atoms with E-state index in [-0.39, 0.29) is 12.1 Å². The molecule has 30 heavy (non-hydrogen) atoms. The van der Waals surface area contributed by atoms with E-state index < -0.39 is 0 Å². The van der Waals surface area contributed by atoms with E-state index in [1.165, 1.54) is 16.5 Å². The number of para-hydroxylation sites is 1. The Morgan fingerprint density at radius 1 is 1.07 bits per heavy atom. The van der Waals surface area contributed by atoms with Crippen LogP contribution in [0.2, 0.25) is 5.02 Å². The molecule has 0 saturated carbocycles. The lowest BCUT2D eigenvalue weighted by Gasteiger charge is -2.36. The van der Waals surface area contributed by atoms with E-state index in [0.29, 0.717) is 17.3 Å². The number of H-pyrrole nitrogens is 1. The minimum absolute atomic E-state index is 0.132. The fourth-order valence-electron chi connectivity index (χ4n) is 4.32. The molecule has 5 heteroatoms. The first-order valence-corrected chi connectivity index (χ1v) is 10.5. The third kappa shape index (κ3) is 3.33. The smallest absolute Gasteiger partial charge is 0.322 e. The highest BCUT2D eigenvalue weighted by Gasteiger charge is 2.34. The molecule has 0 radical (unpaired) electrons. The first-order valence-electron chi connectivity index (χ1n) is 10.1. The zero-order valence-electron chi connectivity index (χ0n) is 16.7. The molecule has 0 fully saturated rings. The number of fused-ring (bicyclic) bond motifs is 3. The number of aromatic nitrogens is 1. The van der Waals surface area contributed by atoms with Crippen molar-refractivity contribution in [2.75, 3.05) is 11.9 Å². The second-order valence-electron chi connectivity index (χ2n) is 7.76. The van der Waals surface area contributed by atoms with Crippen LogP contribution >= 0.6 is 11.6 Å². The zero-order valence-corrected chi connectivity index (χ0v) is 17.4. The van der Waals surface area contributed by atoms with Crippen molar-refractivity contribution in [3.05, 3.63) is 100 Å². The number of carbonyl (C=O) groups is 1. The number of urea groups is 1. The first-order chi connectivity index (χ1) is 14.6. The topological polar surface area (TPSA) is 48.1 Å². The normalized spacial score (nSPS) is 15.8. The Hall–Kier alpha value is -3.24. The number of amides is 2. The maximum Gasteiger partial charge on any atom is 0.322 e. The van der Waals surface area contributed by atoms with Gasteiger partial charge in [-0.2, -0.15) is 0 Å². The summed E-state index contributed by atoms with van der Waals surface area (Å²) in [6.45, 7) is 2.71. The Kier molecular flexibility index (Phi) is 4.72. The average Bonchev–Trinajstić information content (AvgIpc) is 3.12. The molecule has 1 aromatic heterocycles. The van der Waals surface area contributed by atoms with Crippen LogP contribution in [0.4, 0.5) is 10.5 Å². The maximum absolute atomic E-state index is 13.3. The second kappa shape index (κ2) is 7.54. The average molecular weight is 416 g/mol. The third-order valence-electron chi connectivity index (χ3n) is 5.76. The lowest BCUT2D eigenvalue weighted by molar-refractivity contribution is 0.193. The lowest BCUT2D eigenvalue weighted by atomic mass is 9.92. The molecule has 4 aromatic rings. The van der Waals surface area contributed by atoms with Crippen LogP contribution in [0.15, 0.2) is 72.8 Å².